The summed E-state index contributed by atoms with van der Waals surface area (Å²) in [5.41, 5.74) is 1.92. The summed E-state index contributed by atoms with van der Waals surface area (Å²) >= 11 is 6.28. The quantitative estimate of drug-likeness (QED) is 0.797. The van der Waals surface area contributed by atoms with Gasteiger partial charge in [-0.25, -0.2) is 4.98 Å². The molecule has 0 spiro atoms. The summed E-state index contributed by atoms with van der Waals surface area (Å²) in [5.74, 6) is 1.42. The lowest BCUT2D eigenvalue weighted by Crippen LogP contribution is -2.21. The van der Waals surface area contributed by atoms with E-state index in [1.807, 2.05) is 25.1 Å². The Morgan fingerprint density at radius 2 is 2.20 bits per heavy atom. The van der Waals surface area contributed by atoms with Crippen molar-refractivity contribution >= 4 is 11.6 Å². The Labute approximate surface area is 124 Å². The summed E-state index contributed by atoms with van der Waals surface area (Å²) in [4.78, 5) is 4.28. The van der Waals surface area contributed by atoms with Gasteiger partial charge in [0.05, 0.1) is 17.8 Å². The number of oxazole rings is 1. The number of benzene rings is 1. The maximum absolute atomic E-state index is 6.28. The van der Waals surface area contributed by atoms with E-state index in [0.29, 0.717) is 23.3 Å². The number of hydrogen-bond acceptors (Lipinski definition) is 4. The standard InChI is InChI=1S/C15H19ClN2O2/c1-11-4-3-5-12(15(11)16)13-10-18-14(20-13)6-7-17-8-9-19-2/h3-5,10,17H,6-9H2,1-2H3. The van der Waals surface area contributed by atoms with Gasteiger partial charge in [0.15, 0.2) is 11.7 Å². The number of nitrogens with zero attached hydrogens (tertiary/aromatic N) is 1. The Balaban J connectivity index is 1.97. The van der Waals surface area contributed by atoms with Gasteiger partial charge in [-0.2, -0.15) is 0 Å². The lowest BCUT2D eigenvalue weighted by molar-refractivity contribution is 0.199. The van der Waals surface area contributed by atoms with Crippen molar-refractivity contribution in [1.29, 1.82) is 0 Å². The lowest BCUT2D eigenvalue weighted by atomic mass is 10.1. The summed E-state index contributed by atoms with van der Waals surface area (Å²) in [6.45, 7) is 4.32. The van der Waals surface area contributed by atoms with Crippen LogP contribution in [0.3, 0.4) is 0 Å². The van der Waals surface area contributed by atoms with Gasteiger partial charge in [0.2, 0.25) is 0 Å². The summed E-state index contributed by atoms with van der Waals surface area (Å²) in [7, 11) is 1.69. The molecule has 20 heavy (non-hydrogen) atoms. The van der Waals surface area contributed by atoms with Crippen molar-refractivity contribution in [3.8, 4) is 11.3 Å². The van der Waals surface area contributed by atoms with Crippen LogP contribution >= 0.6 is 11.6 Å². The number of nitrogens with one attached hydrogen (secondary N) is 1. The fraction of sp³-hybridized carbons (Fsp3) is 0.400. The minimum absolute atomic E-state index is 0.704. The van der Waals surface area contributed by atoms with Crippen LogP contribution in [0.25, 0.3) is 11.3 Å². The zero-order valence-corrected chi connectivity index (χ0v) is 12.5. The minimum Gasteiger partial charge on any atom is -0.441 e. The second-order valence-electron chi connectivity index (χ2n) is 4.55. The van der Waals surface area contributed by atoms with Gasteiger partial charge in [0, 0.05) is 32.2 Å². The highest BCUT2D eigenvalue weighted by Crippen LogP contribution is 2.30. The van der Waals surface area contributed by atoms with Gasteiger partial charge in [-0.05, 0) is 18.6 Å². The second-order valence-corrected chi connectivity index (χ2v) is 4.93. The molecule has 0 aliphatic rings. The Kier molecular flexibility index (Phi) is 5.59. The van der Waals surface area contributed by atoms with Gasteiger partial charge in [0.25, 0.3) is 0 Å². The number of ether oxygens (including phenoxy) is 1. The van der Waals surface area contributed by atoms with Gasteiger partial charge >= 0.3 is 0 Å². The number of hydrogen-bond donors (Lipinski definition) is 1. The Hall–Kier alpha value is -1.36. The number of aryl methyl sites for hydroxylation is 1. The minimum atomic E-state index is 0.704. The maximum atomic E-state index is 6.28. The van der Waals surface area contributed by atoms with Crippen molar-refractivity contribution in [2.24, 2.45) is 0 Å². The molecule has 0 saturated carbocycles. The molecule has 108 valence electrons. The normalized spacial score (nSPS) is 10.9. The summed E-state index contributed by atoms with van der Waals surface area (Å²) in [6.07, 6.45) is 2.47. The van der Waals surface area contributed by atoms with E-state index < -0.39 is 0 Å². The molecule has 0 bridgehead atoms. The third-order valence-electron chi connectivity index (χ3n) is 3.01. The Morgan fingerprint density at radius 1 is 1.35 bits per heavy atom. The van der Waals surface area contributed by atoms with Gasteiger partial charge in [0.1, 0.15) is 0 Å². The van der Waals surface area contributed by atoms with Crippen molar-refractivity contribution in [2.75, 3.05) is 26.8 Å². The van der Waals surface area contributed by atoms with E-state index in [-0.39, 0.29) is 0 Å². The third kappa shape index (κ3) is 3.82. The van der Waals surface area contributed by atoms with Crippen molar-refractivity contribution in [3.05, 3.63) is 40.9 Å². The van der Waals surface area contributed by atoms with E-state index in [1.54, 1.807) is 13.3 Å². The topological polar surface area (TPSA) is 47.3 Å². The van der Waals surface area contributed by atoms with Crippen molar-refractivity contribution < 1.29 is 9.15 Å². The summed E-state index contributed by atoms with van der Waals surface area (Å²) < 4.78 is 10.7. The SMILES string of the molecule is COCCNCCc1ncc(-c2cccc(C)c2Cl)o1. The molecule has 1 N–H and O–H groups in total. The molecule has 0 radical (unpaired) electrons. The predicted molar refractivity (Wildman–Crippen MR) is 80.1 cm³/mol. The second kappa shape index (κ2) is 7.43. The summed E-state index contributed by atoms with van der Waals surface area (Å²) in [6, 6.07) is 5.88. The van der Waals surface area contributed by atoms with Crippen LogP contribution in [0.5, 0.6) is 0 Å². The average Bonchev–Trinajstić information content (AvgIpc) is 2.90. The van der Waals surface area contributed by atoms with E-state index >= 15 is 0 Å². The molecule has 0 atom stereocenters. The first kappa shape index (κ1) is 15.0. The molecule has 0 fully saturated rings. The molecule has 1 aromatic heterocycles. The monoisotopic (exact) mass is 294 g/mol. The number of aromatic nitrogens is 1. The molecule has 1 heterocycles. The number of methoxy groups -OCH3 is 1. The van der Waals surface area contributed by atoms with E-state index in [2.05, 4.69) is 10.3 Å². The van der Waals surface area contributed by atoms with Gasteiger partial charge in [-0.1, -0.05) is 23.7 Å². The van der Waals surface area contributed by atoms with E-state index in [4.69, 9.17) is 20.8 Å². The average molecular weight is 295 g/mol. The van der Waals surface area contributed by atoms with Crippen LogP contribution in [-0.2, 0) is 11.2 Å². The first-order valence-electron chi connectivity index (χ1n) is 6.62. The molecule has 0 aliphatic heterocycles. The molecule has 1 aromatic carbocycles. The fourth-order valence-electron chi connectivity index (χ4n) is 1.88. The Bertz CT molecular complexity index is 555. The smallest absolute Gasteiger partial charge is 0.196 e. The fourth-order valence-corrected chi connectivity index (χ4v) is 2.10. The van der Waals surface area contributed by atoms with Crippen LogP contribution in [0.4, 0.5) is 0 Å². The highest BCUT2D eigenvalue weighted by atomic mass is 35.5. The molecule has 5 heteroatoms. The first-order chi connectivity index (χ1) is 9.72. The molecule has 2 rings (SSSR count). The van der Waals surface area contributed by atoms with Crippen LogP contribution in [-0.4, -0.2) is 31.8 Å². The molecule has 0 unspecified atom stereocenters. The molecule has 4 nitrogen and oxygen atoms in total. The van der Waals surface area contributed by atoms with E-state index in [9.17, 15) is 0 Å². The Morgan fingerprint density at radius 3 is 3.00 bits per heavy atom. The molecular weight excluding hydrogens is 276 g/mol. The molecule has 2 aromatic rings. The van der Waals surface area contributed by atoms with Crippen molar-refractivity contribution in [3.63, 3.8) is 0 Å². The van der Waals surface area contributed by atoms with Crippen molar-refractivity contribution in [1.82, 2.24) is 10.3 Å². The summed E-state index contributed by atoms with van der Waals surface area (Å²) in [5, 5.41) is 3.97. The van der Waals surface area contributed by atoms with Crippen LogP contribution in [0.2, 0.25) is 5.02 Å². The van der Waals surface area contributed by atoms with E-state index in [0.717, 1.165) is 30.6 Å². The van der Waals surface area contributed by atoms with Crippen LogP contribution < -0.4 is 5.32 Å². The van der Waals surface area contributed by atoms with E-state index in [1.165, 1.54) is 0 Å². The third-order valence-corrected chi connectivity index (χ3v) is 3.51. The van der Waals surface area contributed by atoms with Gasteiger partial charge < -0.3 is 14.5 Å². The molecular formula is C15H19ClN2O2. The molecule has 0 amide bonds. The zero-order valence-electron chi connectivity index (χ0n) is 11.8. The highest BCUT2D eigenvalue weighted by Gasteiger charge is 2.10. The van der Waals surface area contributed by atoms with Crippen LogP contribution in [0, 0.1) is 6.92 Å². The number of rotatable bonds is 7. The maximum Gasteiger partial charge on any atom is 0.196 e. The predicted octanol–water partition coefficient (Wildman–Crippen LogP) is 3.08. The van der Waals surface area contributed by atoms with Gasteiger partial charge in [-0.15, -0.1) is 0 Å². The first-order valence-corrected chi connectivity index (χ1v) is 7.00. The molecule has 0 aliphatic carbocycles. The van der Waals surface area contributed by atoms with Crippen LogP contribution in [0.15, 0.2) is 28.8 Å². The van der Waals surface area contributed by atoms with Crippen LogP contribution in [0.1, 0.15) is 11.5 Å². The van der Waals surface area contributed by atoms with Gasteiger partial charge in [-0.3, -0.25) is 0 Å². The lowest BCUT2D eigenvalue weighted by Gasteiger charge is -2.03. The number of halogens is 1. The molecule has 0 saturated heterocycles. The van der Waals surface area contributed by atoms with Crippen molar-refractivity contribution in [2.45, 2.75) is 13.3 Å². The largest absolute Gasteiger partial charge is 0.441 e. The zero-order chi connectivity index (χ0) is 14.4. The highest BCUT2D eigenvalue weighted by molar-refractivity contribution is 6.33.